The minimum atomic E-state index is -0.429. The number of nitrogens with two attached hydrogens (primary N) is 1. The number of nitrogens with zero attached hydrogens (tertiary/aromatic N) is 3. The van der Waals surface area contributed by atoms with Crippen molar-refractivity contribution in [1.29, 1.82) is 0 Å². The maximum Gasteiger partial charge on any atom is 0.256 e. The predicted octanol–water partition coefficient (Wildman–Crippen LogP) is 2.11. The monoisotopic (exact) mass is 355 g/mol. The summed E-state index contributed by atoms with van der Waals surface area (Å²) in [6.45, 7) is 1.89. The van der Waals surface area contributed by atoms with Crippen LogP contribution in [0.2, 0.25) is 0 Å². The second-order valence-corrected chi connectivity index (χ2v) is 6.53. The van der Waals surface area contributed by atoms with Crippen LogP contribution >= 0.6 is 11.8 Å². The molecular formula is C17H17N5O2S. The second-order valence-electron chi connectivity index (χ2n) is 5.51. The molecule has 128 valence electrons. The number of anilines is 1. The van der Waals surface area contributed by atoms with E-state index >= 15 is 0 Å². The first-order valence-electron chi connectivity index (χ1n) is 7.56. The molecule has 2 aromatic heterocycles. The normalized spacial score (nSPS) is 10.8. The Balaban J connectivity index is 1.85. The molecule has 3 aromatic rings. The molecule has 25 heavy (non-hydrogen) atoms. The van der Waals surface area contributed by atoms with Crippen LogP contribution in [0, 0.1) is 6.92 Å². The van der Waals surface area contributed by atoms with Gasteiger partial charge in [-0.2, -0.15) is 5.10 Å². The van der Waals surface area contributed by atoms with Crippen molar-refractivity contribution in [2.45, 2.75) is 11.8 Å². The van der Waals surface area contributed by atoms with Crippen LogP contribution in [-0.4, -0.2) is 32.3 Å². The third-order valence-electron chi connectivity index (χ3n) is 3.62. The molecule has 3 rings (SSSR count). The minimum Gasteiger partial charge on any atom is -0.369 e. The highest BCUT2D eigenvalue weighted by Crippen LogP contribution is 2.24. The van der Waals surface area contributed by atoms with Gasteiger partial charge in [0.25, 0.3) is 5.91 Å². The summed E-state index contributed by atoms with van der Waals surface area (Å²) in [6, 6.07) is 8.93. The third-order valence-corrected chi connectivity index (χ3v) is 4.72. The average Bonchev–Trinajstić information content (AvgIpc) is 2.87. The Labute approximate surface area is 148 Å². The first kappa shape index (κ1) is 17.0. The Morgan fingerprint density at radius 3 is 2.84 bits per heavy atom. The van der Waals surface area contributed by atoms with Gasteiger partial charge in [-0.3, -0.25) is 14.3 Å². The summed E-state index contributed by atoms with van der Waals surface area (Å²) in [5.74, 6) is -0.579. The molecule has 0 aliphatic carbocycles. The van der Waals surface area contributed by atoms with E-state index in [4.69, 9.17) is 5.73 Å². The molecule has 3 N–H and O–H groups in total. The van der Waals surface area contributed by atoms with Gasteiger partial charge in [-0.15, -0.1) is 11.8 Å². The number of hydrogen-bond acceptors (Lipinski definition) is 5. The van der Waals surface area contributed by atoms with Crippen LogP contribution in [-0.2, 0) is 11.8 Å². The number of fused-ring (bicyclic) bond motifs is 1. The van der Waals surface area contributed by atoms with Gasteiger partial charge in [0.2, 0.25) is 5.91 Å². The molecule has 0 fully saturated rings. The predicted molar refractivity (Wildman–Crippen MR) is 97.6 cm³/mol. The summed E-state index contributed by atoms with van der Waals surface area (Å²) in [4.78, 5) is 28.7. The highest BCUT2D eigenvalue weighted by molar-refractivity contribution is 8.00. The van der Waals surface area contributed by atoms with Crippen LogP contribution in [0.25, 0.3) is 11.0 Å². The zero-order valence-corrected chi connectivity index (χ0v) is 14.6. The quantitative estimate of drug-likeness (QED) is 0.682. The molecule has 0 saturated carbocycles. The maximum atomic E-state index is 12.6. The number of benzene rings is 1. The molecule has 2 amide bonds. The average molecular weight is 355 g/mol. The lowest BCUT2D eigenvalue weighted by atomic mass is 10.2. The van der Waals surface area contributed by atoms with E-state index in [1.54, 1.807) is 29.1 Å². The molecule has 8 heteroatoms. The van der Waals surface area contributed by atoms with Gasteiger partial charge in [0.05, 0.1) is 28.9 Å². The molecule has 0 saturated heterocycles. The maximum absolute atomic E-state index is 12.6. The van der Waals surface area contributed by atoms with Gasteiger partial charge < -0.3 is 11.1 Å². The second kappa shape index (κ2) is 6.94. The molecule has 0 aliphatic heterocycles. The van der Waals surface area contributed by atoms with E-state index in [1.165, 1.54) is 11.8 Å². The number of nitrogens with one attached hydrogen (secondary N) is 1. The summed E-state index contributed by atoms with van der Waals surface area (Å²) >= 11 is 1.24. The smallest absolute Gasteiger partial charge is 0.256 e. The first-order valence-corrected chi connectivity index (χ1v) is 8.55. The topological polar surface area (TPSA) is 103 Å². The largest absolute Gasteiger partial charge is 0.369 e. The van der Waals surface area contributed by atoms with Crippen LogP contribution in [0.1, 0.15) is 16.1 Å². The van der Waals surface area contributed by atoms with Crippen molar-refractivity contribution in [2.75, 3.05) is 11.1 Å². The van der Waals surface area contributed by atoms with Gasteiger partial charge in [-0.1, -0.05) is 12.1 Å². The fraction of sp³-hybridized carbons (Fsp3) is 0.176. The van der Waals surface area contributed by atoms with E-state index in [1.807, 2.05) is 26.1 Å². The van der Waals surface area contributed by atoms with Crippen molar-refractivity contribution in [3.8, 4) is 0 Å². The standard InChI is InChI=1S/C17H17N5O2S/c1-10-13-7-11(8-19-16(13)22(2)21-10)20-17(24)12-5-3-4-6-14(12)25-9-15(18)23/h3-8H,9H2,1-2H3,(H2,18,23)(H,20,24). The Morgan fingerprint density at radius 1 is 1.32 bits per heavy atom. The highest BCUT2D eigenvalue weighted by atomic mass is 32.2. The Kier molecular flexibility index (Phi) is 4.71. The van der Waals surface area contributed by atoms with Crippen molar-refractivity contribution >= 4 is 40.3 Å². The number of carbonyl (C=O) groups excluding carboxylic acids is 2. The molecular weight excluding hydrogens is 338 g/mol. The van der Waals surface area contributed by atoms with Gasteiger partial charge in [0.1, 0.15) is 0 Å². The fourth-order valence-electron chi connectivity index (χ4n) is 2.50. The lowest BCUT2D eigenvalue weighted by molar-refractivity contribution is -0.115. The number of amides is 2. The van der Waals surface area contributed by atoms with Crippen LogP contribution in [0.4, 0.5) is 5.69 Å². The lowest BCUT2D eigenvalue weighted by Gasteiger charge is -2.09. The van der Waals surface area contributed by atoms with Gasteiger partial charge in [0.15, 0.2) is 5.65 Å². The molecule has 0 spiro atoms. The van der Waals surface area contributed by atoms with Crippen LogP contribution < -0.4 is 11.1 Å². The van der Waals surface area contributed by atoms with E-state index in [9.17, 15) is 9.59 Å². The third kappa shape index (κ3) is 3.63. The van der Waals surface area contributed by atoms with E-state index in [-0.39, 0.29) is 11.7 Å². The van der Waals surface area contributed by atoms with E-state index < -0.39 is 5.91 Å². The summed E-state index contributed by atoms with van der Waals surface area (Å²) in [5, 5.41) is 8.05. The Hall–Kier alpha value is -2.87. The molecule has 0 atom stereocenters. The van der Waals surface area contributed by atoms with Gasteiger partial charge in [0, 0.05) is 17.3 Å². The van der Waals surface area contributed by atoms with Gasteiger partial charge in [-0.05, 0) is 25.1 Å². The van der Waals surface area contributed by atoms with E-state index in [0.717, 1.165) is 16.7 Å². The van der Waals surface area contributed by atoms with Crippen molar-refractivity contribution in [3.63, 3.8) is 0 Å². The molecule has 0 bridgehead atoms. The number of aromatic nitrogens is 3. The van der Waals surface area contributed by atoms with Crippen LogP contribution in [0.15, 0.2) is 41.4 Å². The number of primary amides is 1. The summed E-state index contributed by atoms with van der Waals surface area (Å²) in [7, 11) is 1.83. The van der Waals surface area contributed by atoms with Crippen LogP contribution in [0.3, 0.4) is 0 Å². The first-order chi connectivity index (χ1) is 12.0. The molecule has 0 aliphatic rings. The molecule has 7 nitrogen and oxygen atoms in total. The highest BCUT2D eigenvalue weighted by Gasteiger charge is 2.14. The number of rotatable bonds is 5. The molecule has 0 radical (unpaired) electrons. The fourth-order valence-corrected chi connectivity index (χ4v) is 3.29. The minimum absolute atomic E-state index is 0.118. The SMILES string of the molecule is Cc1nn(C)c2ncc(NC(=O)c3ccccc3SCC(N)=O)cc12. The van der Waals surface area contributed by atoms with Gasteiger partial charge >= 0.3 is 0 Å². The number of thioether (sulfide) groups is 1. The number of hydrogen-bond donors (Lipinski definition) is 2. The zero-order valence-electron chi connectivity index (χ0n) is 13.8. The molecule has 1 aromatic carbocycles. The molecule has 0 unspecified atom stereocenters. The van der Waals surface area contributed by atoms with Crippen LogP contribution in [0.5, 0.6) is 0 Å². The van der Waals surface area contributed by atoms with Crippen molar-refractivity contribution in [3.05, 3.63) is 47.8 Å². The Morgan fingerprint density at radius 2 is 2.08 bits per heavy atom. The van der Waals surface area contributed by atoms with Crippen molar-refractivity contribution in [2.24, 2.45) is 12.8 Å². The van der Waals surface area contributed by atoms with Crippen molar-refractivity contribution < 1.29 is 9.59 Å². The zero-order chi connectivity index (χ0) is 18.0. The van der Waals surface area contributed by atoms with Crippen molar-refractivity contribution in [1.82, 2.24) is 14.8 Å². The summed E-state index contributed by atoms with van der Waals surface area (Å²) in [5.41, 5.74) is 7.86. The number of pyridine rings is 1. The van der Waals surface area contributed by atoms with E-state index in [2.05, 4.69) is 15.4 Å². The Bertz CT molecular complexity index is 967. The summed E-state index contributed by atoms with van der Waals surface area (Å²) in [6.07, 6.45) is 1.60. The lowest BCUT2D eigenvalue weighted by Crippen LogP contribution is -2.15. The number of aryl methyl sites for hydroxylation is 2. The van der Waals surface area contributed by atoms with E-state index in [0.29, 0.717) is 16.1 Å². The molecule has 2 heterocycles. The number of carbonyl (C=O) groups is 2. The summed E-state index contributed by atoms with van der Waals surface area (Å²) < 4.78 is 1.70. The van der Waals surface area contributed by atoms with Gasteiger partial charge in [-0.25, -0.2) is 4.98 Å².